The van der Waals surface area contributed by atoms with Gasteiger partial charge in [0.2, 0.25) is 0 Å². The second kappa shape index (κ2) is 8.30. The number of rotatable bonds is 4. The third-order valence-corrected chi connectivity index (χ3v) is 4.89. The minimum Gasteiger partial charge on any atom is -0.320 e. The number of carbonyl (C=O) groups is 1. The molecule has 5 aromatic rings. The monoisotopic (exact) mass is 476 g/mol. The molecule has 172 valence electrons. The number of nitrogens with one attached hydrogen (secondary N) is 1. The van der Waals surface area contributed by atoms with Crippen LogP contribution in [0.2, 0.25) is 0 Å². The lowest BCUT2D eigenvalue weighted by molar-refractivity contribution is -0.143. The van der Waals surface area contributed by atoms with E-state index in [0.717, 1.165) is 11.0 Å². The number of halogens is 3. The molecule has 0 spiro atoms. The number of hydrogen-bond acceptors (Lipinski definition) is 8. The fourth-order valence-electron chi connectivity index (χ4n) is 3.41. The molecular formula is C21H11F3N10O. The summed E-state index contributed by atoms with van der Waals surface area (Å²) < 4.78 is 42.8. The van der Waals surface area contributed by atoms with Crippen LogP contribution in [0.4, 0.5) is 18.9 Å². The van der Waals surface area contributed by atoms with Crippen LogP contribution in [0.3, 0.4) is 0 Å². The van der Waals surface area contributed by atoms with E-state index in [1.165, 1.54) is 30.9 Å². The highest BCUT2D eigenvalue weighted by Gasteiger charge is 2.41. The summed E-state index contributed by atoms with van der Waals surface area (Å²) in [7, 11) is 0. The molecule has 0 radical (unpaired) electrons. The van der Waals surface area contributed by atoms with Crippen molar-refractivity contribution in [3.8, 4) is 17.7 Å². The van der Waals surface area contributed by atoms with Crippen molar-refractivity contribution in [2.24, 2.45) is 0 Å². The summed E-state index contributed by atoms with van der Waals surface area (Å²) in [5.74, 6) is -1.19. The quantitative estimate of drug-likeness (QED) is 0.418. The zero-order valence-corrected chi connectivity index (χ0v) is 17.3. The van der Waals surface area contributed by atoms with Crippen molar-refractivity contribution in [1.82, 2.24) is 40.0 Å². The lowest BCUT2D eigenvalue weighted by Crippen LogP contribution is -2.21. The molecule has 0 bridgehead atoms. The lowest BCUT2D eigenvalue weighted by atomic mass is 10.2. The van der Waals surface area contributed by atoms with Crippen LogP contribution in [0.25, 0.3) is 22.4 Å². The Labute approximate surface area is 193 Å². The Bertz CT molecular complexity index is 1600. The van der Waals surface area contributed by atoms with E-state index in [1.54, 1.807) is 24.3 Å². The van der Waals surface area contributed by atoms with Gasteiger partial charge in [0.15, 0.2) is 17.3 Å². The molecule has 5 rings (SSSR count). The van der Waals surface area contributed by atoms with Gasteiger partial charge in [0.05, 0.1) is 42.2 Å². The third kappa shape index (κ3) is 3.91. The maximum Gasteiger partial charge on any atom is 0.434 e. The zero-order chi connectivity index (χ0) is 24.6. The van der Waals surface area contributed by atoms with Gasteiger partial charge in [-0.1, -0.05) is 24.3 Å². The van der Waals surface area contributed by atoms with Gasteiger partial charge in [-0.2, -0.15) is 38.8 Å². The first-order valence-electron chi connectivity index (χ1n) is 9.81. The molecule has 0 fully saturated rings. The molecule has 1 amide bonds. The van der Waals surface area contributed by atoms with Crippen LogP contribution in [0.15, 0.2) is 61.3 Å². The van der Waals surface area contributed by atoms with Crippen molar-refractivity contribution < 1.29 is 18.0 Å². The van der Waals surface area contributed by atoms with Crippen molar-refractivity contribution >= 4 is 22.4 Å². The number of anilines is 1. The highest BCUT2D eigenvalue weighted by Crippen LogP contribution is 2.35. The Kier molecular flexibility index (Phi) is 5.13. The number of amides is 1. The third-order valence-electron chi connectivity index (χ3n) is 4.89. The first kappa shape index (κ1) is 21.6. The fourth-order valence-corrected chi connectivity index (χ4v) is 3.41. The maximum absolute atomic E-state index is 14.1. The summed E-state index contributed by atoms with van der Waals surface area (Å²) in [6.07, 6.45) is 1.19. The number of aromatic nitrogens is 8. The maximum atomic E-state index is 14.1. The summed E-state index contributed by atoms with van der Waals surface area (Å²) >= 11 is 0. The van der Waals surface area contributed by atoms with Gasteiger partial charge in [-0.05, 0) is 6.07 Å². The van der Waals surface area contributed by atoms with Crippen LogP contribution in [-0.4, -0.2) is 45.9 Å². The van der Waals surface area contributed by atoms with Crippen molar-refractivity contribution in [2.45, 2.75) is 6.18 Å². The highest BCUT2D eigenvalue weighted by atomic mass is 19.4. The lowest BCUT2D eigenvalue weighted by Gasteiger charge is -2.13. The Morgan fingerprint density at radius 1 is 1.03 bits per heavy atom. The minimum absolute atomic E-state index is 0.00299. The number of pyridine rings is 1. The van der Waals surface area contributed by atoms with E-state index >= 15 is 0 Å². The predicted octanol–water partition coefficient (Wildman–Crippen LogP) is 2.93. The molecule has 0 aliphatic carbocycles. The number of nitriles is 1. The van der Waals surface area contributed by atoms with E-state index in [9.17, 15) is 23.2 Å². The Hall–Kier alpha value is -5.19. The topological polar surface area (TPSA) is 140 Å². The second-order valence-corrected chi connectivity index (χ2v) is 7.05. The molecule has 4 heterocycles. The molecule has 1 aromatic carbocycles. The van der Waals surface area contributed by atoms with Crippen LogP contribution in [0.5, 0.6) is 0 Å². The molecule has 11 nitrogen and oxygen atoms in total. The highest BCUT2D eigenvalue weighted by molar-refractivity contribution is 6.05. The summed E-state index contributed by atoms with van der Waals surface area (Å²) in [4.78, 5) is 18.0. The van der Waals surface area contributed by atoms with E-state index in [2.05, 4.69) is 35.8 Å². The smallest absolute Gasteiger partial charge is 0.320 e. The molecule has 0 saturated carbocycles. The molecule has 0 unspecified atom stereocenters. The Morgan fingerprint density at radius 2 is 1.80 bits per heavy atom. The van der Waals surface area contributed by atoms with Gasteiger partial charge in [0, 0.05) is 10.8 Å². The largest absolute Gasteiger partial charge is 0.434 e. The molecule has 1 N–H and O–H groups in total. The zero-order valence-electron chi connectivity index (χ0n) is 17.3. The standard InChI is InChI=1S/C21H11F3N10O/c22-21(23,24)17-16(11-30-33(17)19-15-4-2-1-3-12(15)9-27-32-19)20(35)31-14-7-13(8-25)18(26-10-14)34-28-5-6-29-34/h1-7,9-11H,(H,31,35). The molecular weight excluding hydrogens is 465 g/mol. The SMILES string of the molecule is N#Cc1cc(NC(=O)c2cnn(-c3nncc4ccccc34)c2C(F)(F)F)cnc1-n1nccn1. The summed E-state index contributed by atoms with van der Waals surface area (Å²) in [6.45, 7) is 0. The molecule has 0 aliphatic heterocycles. The van der Waals surface area contributed by atoms with E-state index in [1.807, 2.05) is 6.07 Å². The van der Waals surface area contributed by atoms with Gasteiger partial charge in [-0.25, -0.2) is 9.67 Å². The van der Waals surface area contributed by atoms with Gasteiger partial charge in [0.1, 0.15) is 11.6 Å². The van der Waals surface area contributed by atoms with Crippen LogP contribution in [0.1, 0.15) is 21.6 Å². The second-order valence-electron chi connectivity index (χ2n) is 7.05. The number of fused-ring (bicyclic) bond motifs is 1. The van der Waals surface area contributed by atoms with E-state index in [4.69, 9.17) is 0 Å². The summed E-state index contributed by atoms with van der Waals surface area (Å²) in [5, 5.41) is 31.8. The van der Waals surface area contributed by atoms with E-state index < -0.39 is 23.3 Å². The Balaban J connectivity index is 1.54. The van der Waals surface area contributed by atoms with Crippen molar-refractivity contribution in [2.75, 3.05) is 5.32 Å². The molecule has 0 atom stereocenters. The van der Waals surface area contributed by atoms with Crippen molar-refractivity contribution in [1.29, 1.82) is 5.26 Å². The number of carbonyl (C=O) groups excluding carboxylic acids is 1. The summed E-state index contributed by atoms with van der Waals surface area (Å²) in [5.41, 5.74) is -2.08. The van der Waals surface area contributed by atoms with Crippen LogP contribution < -0.4 is 5.32 Å². The molecule has 14 heteroatoms. The number of benzene rings is 1. The molecule has 4 aromatic heterocycles. The van der Waals surface area contributed by atoms with Gasteiger partial charge >= 0.3 is 6.18 Å². The van der Waals surface area contributed by atoms with Gasteiger partial charge in [-0.15, -0.1) is 9.90 Å². The summed E-state index contributed by atoms with van der Waals surface area (Å²) in [6, 6.07) is 9.72. The van der Waals surface area contributed by atoms with Gasteiger partial charge in [0.25, 0.3) is 5.91 Å². The average molecular weight is 476 g/mol. The van der Waals surface area contributed by atoms with Gasteiger partial charge in [-0.3, -0.25) is 4.79 Å². The van der Waals surface area contributed by atoms with Crippen LogP contribution >= 0.6 is 0 Å². The number of hydrogen-bond donors (Lipinski definition) is 1. The van der Waals surface area contributed by atoms with E-state index in [-0.39, 0.29) is 22.9 Å². The molecule has 0 aliphatic rings. The van der Waals surface area contributed by atoms with Gasteiger partial charge < -0.3 is 5.32 Å². The first-order chi connectivity index (χ1) is 16.9. The van der Waals surface area contributed by atoms with Crippen LogP contribution in [0, 0.1) is 11.3 Å². The Morgan fingerprint density at radius 3 is 2.54 bits per heavy atom. The average Bonchev–Trinajstić information content (AvgIpc) is 3.54. The van der Waals surface area contributed by atoms with Crippen molar-refractivity contribution in [3.05, 3.63) is 78.1 Å². The van der Waals surface area contributed by atoms with E-state index in [0.29, 0.717) is 15.5 Å². The number of alkyl halides is 3. The molecule has 0 saturated heterocycles. The number of nitrogens with zero attached hydrogens (tertiary/aromatic N) is 9. The normalized spacial score (nSPS) is 11.4. The molecule has 35 heavy (non-hydrogen) atoms. The minimum atomic E-state index is -4.95. The van der Waals surface area contributed by atoms with Crippen molar-refractivity contribution in [3.63, 3.8) is 0 Å². The first-order valence-corrected chi connectivity index (χ1v) is 9.81. The van der Waals surface area contributed by atoms with Crippen LogP contribution in [-0.2, 0) is 6.18 Å². The predicted molar refractivity (Wildman–Crippen MR) is 113 cm³/mol. The fraction of sp³-hybridized carbons (Fsp3) is 0.0476.